The van der Waals surface area contributed by atoms with Crippen molar-refractivity contribution in [3.63, 3.8) is 0 Å². The van der Waals surface area contributed by atoms with Gasteiger partial charge in [0.15, 0.2) is 0 Å². The third-order valence-electron chi connectivity index (χ3n) is 5.31. The summed E-state index contributed by atoms with van der Waals surface area (Å²) >= 11 is 0. The molecule has 158 valence electrons. The van der Waals surface area contributed by atoms with Gasteiger partial charge in [-0.05, 0) is 36.9 Å². The van der Waals surface area contributed by atoms with Gasteiger partial charge in [-0.2, -0.15) is 5.10 Å². The first-order chi connectivity index (χ1) is 14.4. The first-order valence-corrected chi connectivity index (χ1v) is 12.0. The first kappa shape index (κ1) is 22.1. The lowest BCUT2D eigenvalue weighted by Crippen LogP contribution is -2.48. The zero-order chi connectivity index (χ0) is 21.7. The molecule has 2 aromatic rings. The predicted molar refractivity (Wildman–Crippen MR) is 122 cm³/mol. The number of esters is 1. The Morgan fingerprint density at radius 1 is 1.13 bits per heavy atom. The SMILES string of the molecule is COC(=O)C(/C=C/[S+](C)C)C(c1ccccc1)C1C(C)=NN(c2ccccc2)C1[O-]. The van der Waals surface area contributed by atoms with E-state index in [2.05, 4.69) is 17.6 Å². The van der Waals surface area contributed by atoms with Gasteiger partial charge in [-0.1, -0.05) is 48.5 Å². The van der Waals surface area contributed by atoms with Crippen molar-refractivity contribution in [3.8, 4) is 0 Å². The normalized spacial score (nSPS) is 21.0. The van der Waals surface area contributed by atoms with Crippen LogP contribution >= 0.6 is 0 Å². The Bertz CT molecular complexity index is 899. The van der Waals surface area contributed by atoms with Gasteiger partial charge in [-0.3, -0.25) is 9.80 Å². The van der Waals surface area contributed by atoms with Gasteiger partial charge in [-0.25, -0.2) is 0 Å². The molecule has 4 unspecified atom stereocenters. The summed E-state index contributed by atoms with van der Waals surface area (Å²) < 4.78 is 5.15. The van der Waals surface area contributed by atoms with E-state index in [0.717, 1.165) is 17.0 Å². The van der Waals surface area contributed by atoms with Crippen LogP contribution in [0.4, 0.5) is 5.69 Å². The van der Waals surface area contributed by atoms with E-state index >= 15 is 0 Å². The molecule has 0 aromatic heterocycles. The quantitative estimate of drug-likeness (QED) is 0.506. The Labute approximate surface area is 181 Å². The minimum absolute atomic E-state index is 0.00958. The van der Waals surface area contributed by atoms with Crippen molar-refractivity contribution in [2.24, 2.45) is 16.9 Å². The highest BCUT2D eigenvalue weighted by atomic mass is 32.2. The predicted octanol–water partition coefficient (Wildman–Crippen LogP) is 3.15. The van der Waals surface area contributed by atoms with Crippen LogP contribution in [0.5, 0.6) is 0 Å². The van der Waals surface area contributed by atoms with Crippen molar-refractivity contribution in [2.75, 3.05) is 24.6 Å². The number of hydrogen-bond donors (Lipinski definition) is 0. The third kappa shape index (κ3) is 4.77. The van der Waals surface area contributed by atoms with Crippen LogP contribution in [0, 0.1) is 11.8 Å². The summed E-state index contributed by atoms with van der Waals surface area (Å²) in [4.78, 5) is 12.8. The monoisotopic (exact) mass is 424 g/mol. The second-order valence-electron chi connectivity index (χ2n) is 7.53. The summed E-state index contributed by atoms with van der Waals surface area (Å²) in [5, 5.41) is 21.7. The van der Waals surface area contributed by atoms with Gasteiger partial charge in [0.25, 0.3) is 0 Å². The van der Waals surface area contributed by atoms with Crippen molar-refractivity contribution in [2.45, 2.75) is 19.1 Å². The van der Waals surface area contributed by atoms with Crippen LogP contribution in [0.2, 0.25) is 0 Å². The number of nitrogens with zero attached hydrogens (tertiary/aromatic N) is 2. The number of methoxy groups -OCH3 is 1. The number of para-hydroxylation sites is 1. The van der Waals surface area contributed by atoms with Gasteiger partial charge in [0, 0.05) is 28.4 Å². The number of benzene rings is 2. The Hall–Kier alpha value is -2.57. The Morgan fingerprint density at radius 2 is 1.73 bits per heavy atom. The van der Waals surface area contributed by atoms with Gasteiger partial charge in [-0.15, -0.1) is 0 Å². The summed E-state index contributed by atoms with van der Waals surface area (Å²) in [6, 6.07) is 19.2. The van der Waals surface area contributed by atoms with E-state index in [0.29, 0.717) is 0 Å². The van der Waals surface area contributed by atoms with E-state index in [-0.39, 0.29) is 22.8 Å². The number of carbonyl (C=O) groups excluding carboxylic acids is 1. The molecule has 1 heterocycles. The zero-order valence-electron chi connectivity index (χ0n) is 17.8. The third-order valence-corrected chi connectivity index (χ3v) is 6.01. The maximum Gasteiger partial charge on any atom is 0.313 e. The topological polar surface area (TPSA) is 65.0 Å². The van der Waals surface area contributed by atoms with E-state index in [1.54, 1.807) is 0 Å². The Morgan fingerprint density at radius 3 is 2.30 bits per heavy atom. The number of carbonyl (C=O) groups is 1. The molecule has 0 N–H and O–H groups in total. The van der Waals surface area contributed by atoms with Crippen LogP contribution in [-0.2, 0) is 20.4 Å². The highest BCUT2D eigenvalue weighted by molar-refractivity contribution is 7.98. The minimum Gasteiger partial charge on any atom is -0.834 e. The lowest BCUT2D eigenvalue weighted by molar-refractivity contribution is -0.426. The molecule has 1 aliphatic heterocycles. The maximum absolute atomic E-state index is 13.6. The van der Waals surface area contributed by atoms with Crippen molar-refractivity contribution in [1.82, 2.24) is 0 Å². The van der Waals surface area contributed by atoms with Gasteiger partial charge in [0.1, 0.15) is 17.9 Å². The van der Waals surface area contributed by atoms with Crippen molar-refractivity contribution < 1.29 is 14.6 Å². The largest absolute Gasteiger partial charge is 0.834 e. The highest BCUT2D eigenvalue weighted by Crippen LogP contribution is 2.41. The second kappa shape index (κ2) is 9.96. The fraction of sp³-hybridized carbons (Fsp3) is 0.333. The molecule has 0 bridgehead atoms. The van der Waals surface area contributed by atoms with Crippen molar-refractivity contribution in [1.29, 1.82) is 0 Å². The van der Waals surface area contributed by atoms with E-state index < -0.39 is 18.1 Å². The summed E-state index contributed by atoms with van der Waals surface area (Å²) in [7, 11) is 1.40. The van der Waals surface area contributed by atoms with Crippen LogP contribution in [0.15, 0.2) is 77.2 Å². The number of anilines is 1. The van der Waals surface area contributed by atoms with Crippen molar-refractivity contribution >= 4 is 28.3 Å². The summed E-state index contributed by atoms with van der Waals surface area (Å²) in [6.45, 7) is 1.87. The minimum atomic E-state index is -1.14. The van der Waals surface area contributed by atoms with Crippen LogP contribution in [0.3, 0.4) is 0 Å². The second-order valence-corrected chi connectivity index (χ2v) is 9.56. The van der Waals surface area contributed by atoms with Gasteiger partial charge < -0.3 is 9.84 Å². The fourth-order valence-electron chi connectivity index (χ4n) is 3.91. The standard InChI is InChI=1S/C24H28N2O3S/c1-17-21(23(27)26(25-17)19-13-9-6-10-14-19)22(18-11-7-5-8-12-18)20(24(28)29-2)15-16-30(3)4/h5-16,20-23H,1-4H3/b16-15+. The molecule has 0 saturated heterocycles. The van der Waals surface area contributed by atoms with E-state index in [9.17, 15) is 9.90 Å². The lowest BCUT2D eigenvalue weighted by Gasteiger charge is -2.39. The van der Waals surface area contributed by atoms with Crippen molar-refractivity contribution in [3.05, 3.63) is 77.7 Å². The first-order valence-electron chi connectivity index (χ1n) is 9.86. The molecular formula is C24H28N2O3S. The van der Waals surface area contributed by atoms with E-state index in [4.69, 9.17) is 4.74 Å². The average molecular weight is 425 g/mol. The molecule has 3 rings (SSSR count). The molecule has 0 aliphatic carbocycles. The smallest absolute Gasteiger partial charge is 0.313 e. The molecule has 4 atom stereocenters. The van der Waals surface area contributed by atoms with Crippen LogP contribution in [-0.4, -0.2) is 37.5 Å². The van der Waals surface area contributed by atoms with Crippen LogP contribution in [0.1, 0.15) is 18.4 Å². The zero-order valence-corrected chi connectivity index (χ0v) is 18.6. The van der Waals surface area contributed by atoms with Crippen LogP contribution < -0.4 is 10.1 Å². The Kier molecular flexibility index (Phi) is 7.34. The number of hydrogen-bond acceptors (Lipinski definition) is 5. The molecule has 6 heteroatoms. The molecule has 0 amide bonds. The Balaban J connectivity index is 2.06. The number of hydrazone groups is 1. The molecule has 5 nitrogen and oxygen atoms in total. The molecule has 0 fully saturated rings. The van der Waals surface area contributed by atoms with Gasteiger partial charge in [0.05, 0.1) is 18.7 Å². The average Bonchev–Trinajstić information content (AvgIpc) is 3.05. The van der Waals surface area contributed by atoms with E-state index in [1.165, 1.54) is 12.1 Å². The molecule has 0 radical (unpaired) electrons. The lowest BCUT2D eigenvalue weighted by atomic mass is 9.74. The highest BCUT2D eigenvalue weighted by Gasteiger charge is 2.42. The number of rotatable bonds is 7. The maximum atomic E-state index is 13.6. The molecule has 0 spiro atoms. The summed E-state index contributed by atoms with van der Waals surface area (Å²) in [6.07, 6.45) is 4.92. The summed E-state index contributed by atoms with van der Waals surface area (Å²) in [5.74, 6) is -1.77. The summed E-state index contributed by atoms with van der Waals surface area (Å²) in [5.41, 5.74) is 2.40. The molecule has 1 aliphatic rings. The van der Waals surface area contributed by atoms with Gasteiger partial charge in [0.2, 0.25) is 0 Å². The molecular weight excluding hydrogens is 396 g/mol. The van der Waals surface area contributed by atoms with Gasteiger partial charge >= 0.3 is 5.97 Å². The molecule has 30 heavy (non-hydrogen) atoms. The number of ether oxygens (including phenoxy) is 1. The van der Waals surface area contributed by atoms with E-state index in [1.807, 2.05) is 79.1 Å². The van der Waals surface area contributed by atoms with Crippen LogP contribution in [0.25, 0.3) is 0 Å². The molecule has 2 aromatic carbocycles. The molecule has 0 saturated carbocycles. The fourth-order valence-corrected chi connectivity index (χ4v) is 4.39.